The van der Waals surface area contributed by atoms with Crippen molar-refractivity contribution in [3.05, 3.63) is 59.1 Å². The summed E-state index contributed by atoms with van der Waals surface area (Å²) in [6.07, 6.45) is 0.282. The van der Waals surface area contributed by atoms with Gasteiger partial charge in [-0.1, -0.05) is 0 Å². The highest BCUT2D eigenvalue weighted by Gasteiger charge is 2.15. The lowest BCUT2D eigenvalue weighted by molar-refractivity contribution is 0.102. The first kappa shape index (κ1) is 23.7. The summed E-state index contributed by atoms with van der Waals surface area (Å²) in [5.74, 6) is 0.790. The fourth-order valence-corrected chi connectivity index (χ4v) is 4.12. The number of carbonyl (C=O) groups excluding carboxylic acids is 1. The van der Waals surface area contributed by atoms with Gasteiger partial charge in [0.25, 0.3) is 5.91 Å². The Hall–Kier alpha value is -2.95. The second-order valence-corrected chi connectivity index (χ2v) is 10.3. The zero-order valence-corrected chi connectivity index (χ0v) is 19.7. The Morgan fingerprint density at radius 2 is 1.72 bits per heavy atom. The molecular formula is C22H24N2O6S2. The summed E-state index contributed by atoms with van der Waals surface area (Å²) < 4.78 is 34.9. The highest BCUT2D eigenvalue weighted by Crippen LogP contribution is 2.30. The molecule has 2 N–H and O–H groups in total. The van der Waals surface area contributed by atoms with Gasteiger partial charge in [-0.05, 0) is 57.2 Å². The second kappa shape index (κ2) is 9.68. The third-order valence-corrected chi connectivity index (χ3v) is 6.08. The van der Waals surface area contributed by atoms with Crippen LogP contribution in [0.4, 0.5) is 5.13 Å². The van der Waals surface area contributed by atoms with E-state index in [4.69, 9.17) is 9.47 Å². The molecule has 0 aliphatic carbocycles. The van der Waals surface area contributed by atoms with E-state index >= 15 is 0 Å². The molecule has 1 unspecified atom stereocenters. The molecule has 0 saturated carbocycles. The number of thiazole rings is 1. The van der Waals surface area contributed by atoms with E-state index in [-0.39, 0.29) is 11.0 Å². The zero-order valence-electron chi connectivity index (χ0n) is 18.0. The largest absolute Gasteiger partial charge is 0.491 e. The maximum atomic E-state index is 12.8. The number of carbonyl (C=O) groups is 1. The maximum absolute atomic E-state index is 12.8. The average Bonchev–Trinajstić information content (AvgIpc) is 3.16. The van der Waals surface area contributed by atoms with Crippen molar-refractivity contribution in [1.82, 2.24) is 4.98 Å². The normalized spacial score (nSPS) is 12.4. The van der Waals surface area contributed by atoms with Crippen molar-refractivity contribution >= 4 is 32.2 Å². The van der Waals surface area contributed by atoms with E-state index in [0.29, 0.717) is 33.6 Å². The van der Waals surface area contributed by atoms with Crippen LogP contribution in [0.15, 0.2) is 52.7 Å². The van der Waals surface area contributed by atoms with Gasteiger partial charge < -0.3 is 14.6 Å². The molecule has 1 amide bonds. The zero-order chi connectivity index (χ0) is 23.5. The van der Waals surface area contributed by atoms with Crippen molar-refractivity contribution in [3.8, 4) is 17.2 Å². The highest BCUT2D eigenvalue weighted by atomic mass is 32.2. The molecule has 170 valence electrons. The minimum Gasteiger partial charge on any atom is -0.491 e. The summed E-state index contributed by atoms with van der Waals surface area (Å²) >= 11 is 1.21. The molecule has 1 aromatic heterocycles. The first-order chi connectivity index (χ1) is 15.0. The SMILES string of the molecule is CC(C)Oc1cc(Oc2ccc(S(C)(=O)=O)cc2)cc(C(=O)Nc2nc(C(C)O)cs2)c1. The van der Waals surface area contributed by atoms with E-state index in [0.717, 1.165) is 6.26 Å². The number of amides is 1. The predicted octanol–water partition coefficient (Wildman–Crippen LogP) is 4.43. The van der Waals surface area contributed by atoms with Crippen molar-refractivity contribution in [1.29, 1.82) is 0 Å². The van der Waals surface area contributed by atoms with Gasteiger partial charge in [0.1, 0.15) is 17.2 Å². The monoisotopic (exact) mass is 476 g/mol. The summed E-state index contributed by atoms with van der Waals surface area (Å²) in [5, 5.41) is 14.4. The summed E-state index contributed by atoms with van der Waals surface area (Å²) in [6, 6.07) is 10.8. The van der Waals surface area contributed by atoms with Gasteiger partial charge in [0.2, 0.25) is 0 Å². The molecule has 2 aromatic carbocycles. The van der Waals surface area contributed by atoms with E-state index in [2.05, 4.69) is 10.3 Å². The minimum absolute atomic E-state index is 0.122. The molecule has 10 heteroatoms. The number of aliphatic hydroxyl groups excluding tert-OH is 1. The molecule has 0 bridgehead atoms. The van der Waals surface area contributed by atoms with Gasteiger partial charge >= 0.3 is 0 Å². The second-order valence-electron chi connectivity index (χ2n) is 7.41. The van der Waals surface area contributed by atoms with Gasteiger partial charge in [0.15, 0.2) is 15.0 Å². The lowest BCUT2D eigenvalue weighted by atomic mass is 10.2. The van der Waals surface area contributed by atoms with Crippen molar-refractivity contribution in [3.63, 3.8) is 0 Å². The van der Waals surface area contributed by atoms with Gasteiger partial charge in [-0.2, -0.15) is 0 Å². The Bertz CT molecular complexity index is 1200. The van der Waals surface area contributed by atoms with Crippen LogP contribution in [0.25, 0.3) is 0 Å². The molecular weight excluding hydrogens is 452 g/mol. The number of nitrogens with one attached hydrogen (secondary N) is 1. The van der Waals surface area contributed by atoms with Crippen LogP contribution in [0.5, 0.6) is 17.2 Å². The number of nitrogens with zero attached hydrogens (tertiary/aromatic N) is 1. The van der Waals surface area contributed by atoms with Gasteiger partial charge in [-0.15, -0.1) is 11.3 Å². The van der Waals surface area contributed by atoms with Crippen LogP contribution < -0.4 is 14.8 Å². The number of aromatic nitrogens is 1. The Balaban J connectivity index is 1.86. The number of sulfone groups is 1. The number of ether oxygens (including phenoxy) is 2. The van der Waals surface area contributed by atoms with Gasteiger partial charge in [0.05, 0.1) is 22.8 Å². The minimum atomic E-state index is -3.31. The lowest BCUT2D eigenvalue weighted by Gasteiger charge is -2.14. The Morgan fingerprint density at radius 3 is 2.28 bits per heavy atom. The summed E-state index contributed by atoms with van der Waals surface area (Å²) in [6.45, 7) is 5.33. The number of rotatable bonds is 8. The smallest absolute Gasteiger partial charge is 0.257 e. The fourth-order valence-electron chi connectivity index (χ4n) is 2.70. The predicted molar refractivity (Wildman–Crippen MR) is 123 cm³/mol. The standard InChI is InChI=1S/C22H24N2O6S2/c1-13(2)29-17-9-15(21(26)24-22-23-20(12-31-22)14(3)25)10-18(11-17)30-16-5-7-19(8-6-16)32(4,27)28/h5-14,25H,1-4H3,(H,23,24,26). The Kier molecular flexibility index (Phi) is 7.17. The molecule has 0 saturated heterocycles. The van der Waals surface area contributed by atoms with Crippen molar-refractivity contribution in [2.24, 2.45) is 0 Å². The molecule has 0 fully saturated rings. The number of aliphatic hydroxyl groups is 1. The van der Waals surface area contributed by atoms with E-state index < -0.39 is 21.8 Å². The third kappa shape index (κ3) is 6.28. The molecule has 0 radical (unpaired) electrons. The summed E-state index contributed by atoms with van der Waals surface area (Å²) in [7, 11) is -3.31. The lowest BCUT2D eigenvalue weighted by Crippen LogP contribution is -2.13. The number of hydrogen-bond acceptors (Lipinski definition) is 8. The topological polar surface area (TPSA) is 115 Å². The number of benzene rings is 2. The van der Waals surface area contributed by atoms with E-state index in [1.54, 1.807) is 42.6 Å². The van der Waals surface area contributed by atoms with E-state index in [9.17, 15) is 18.3 Å². The van der Waals surface area contributed by atoms with Crippen LogP contribution in [0.2, 0.25) is 0 Å². The quantitative estimate of drug-likeness (QED) is 0.494. The van der Waals surface area contributed by atoms with E-state index in [1.165, 1.54) is 23.5 Å². The Morgan fingerprint density at radius 1 is 1.06 bits per heavy atom. The van der Waals surface area contributed by atoms with Gasteiger partial charge in [0, 0.05) is 23.3 Å². The van der Waals surface area contributed by atoms with Crippen LogP contribution >= 0.6 is 11.3 Å². The summed E-state index contributed by atoms with van der Waals surface area (Å²) in [5.41, 5.74) is 0.767. The highest BCUT2D eigenvalue weighted by molar-refractivity contribution is 7.90. The summed E-state index contributed by atoms with van der Waals surface area (Å²) in [4.78, 5) is 17.2. The molecule has 8 nitrogen and oxygen atoms in total. The van der Waals surface area contributed by atoms with Crippen LogP contribution in [0.1, 0.15) is 42.9 Å². The van der Waals surface area contributed by atoms with Crippen LogP contribution in [0.3, 0.4) is 0 Å². The van der Waals surface area contributed by atoms with E-state index in [1.807, 2.05) is 13.8 Å². The van der Waals surface area contributed by atoms with Crippen LogP contribution in [-0.4, -0.2) is 36.8 Å². The molecule has 1 heterocycles. The first-order valence-corrected chi connectivity index (χ1v) is 12.5. The van der Waals surface area contributed by atoms with Crippen molar-refractivity contribution in [2.75, 3.05) is 11.6 Å². The average molecular weight is 477 g/mol. The molecule has 32 heavy (non-hydrogen) atoms. The molecule has 0 aliphatic heterocycles. The van der Waals surface area contributed by atoms with Crippen molar-refractivity contribution < 1.29 is 27.8 Å². The molecule has 3 aromatic rings. The van der Waals surface area contributed by atoms with Gasteiger partial charge in [-0.25, -0.2) is 13.4 Å². The molecule has 3 rings (SSSR count). The van der Waals surface area contributed by atoms with Crippen molar-refractivity contribution in [2.45, 2.75) is 37.9 Å². The molecule has 0 spiro atoms. The maximum Gasteiger partial charge on any atom is 0.257 e. The van der Waals surface area contributed by atoms with Gasteiger partial charge in [-0.3, -0.25) is 10.1 Å². The number of anilines is 1. The van der Waals surface area contributed by atoms with Crippen LogP contribution in [-0.2, 0) is 9.84 Å². The first-order valence-electron chi connectivity index (χ1n) is 9.76. The van der Waals surface area contributed by atoms with Crippen LogP contribution in [0, 0.1) is 0 Å². The third-order valence-electron chi connectivity index (χ3n) is 4.17. The fraction of sp³-hybridized carbons (Fsp3) is 0.273. The molecule has 1 atom stereocenters. The number of hydrogen-bond donors (Lipinski definition) is 2. The molecule has 0 aliphatic rings. The Labute approximate surface area is 190 Å².